The molecular weight excluding hydrogens is 258 g/mol. The third-order valence-electron chi connectivity index (χ3n) is 2.80. The quantitative estimate of drug-likeness (QED) is 0.671. The Morgan fingerprint density at radius 3 is 2.75 bits per heavy atom. The smallest absolute Gasteiger partial charge is 0.117 e. The lowest BCUT2D eigenvalue weighted by Crippen LogP contribution is -2.36. The highest BCUT2D eigenvalue weighted by molar-refractivity contribution is 4.97. The molecule has 1 aromatic heterocycles. The van der Waals surface area contributed by atoms with E-state index >= 15 is 0 Å². The van der Waals surface area contributed by atoms with Gasteiger partial charge in [-0.2, -0.15) is 0 Å². The fourth-order valence-electron chi connectivity index (χ4n) is 1.87. The van der Waals surface area contributed by atoms with Gasteiger partial charge >= 0.3 is 0 Å². The van der Waals surface area contributed by atoms with Crippen LogP contribution in [0.5, 0.6) is 0 Å². The molecule has 5 heteroatoms. The van der Waals surface area contributed by atoms with Crippen LogP contribution in [0.1, 0.15) is 19.6 Å². The van der Waals surface area contributed by atoms with Crippen molar-refractivity contribution in [3.63, 3.8) is 0 Å². The molecule has 1 N–H and O–H groups in total. The average Bonchev–Trinajstić information content (AvgIpc) is 2.88. The minimum absolute atomic E-state index is 0.361. The second-order valence-corrected chi connectivity index (χ2v) is 5.39. The van der Waals surface area contributed by atoms with Crippen LogP contribution in [0.3, 0.4) is 0 Å². The van der Waals surface area contributed by atoms with Crippen molar-refractivity contribution in [2.24, 2.45) is 5.92 Å². The van der Waals surface area contributed by atoms with Crippen LogP contribution in [0, 0.1) is 5.92 Å². The van der Waals surface area contributed by atoms with Gasteiger partial charge in [0, 0.05) is 26.8 Å². The van der Waals surface area contributed by atoms with Gasteiger partial charge in [0.25, 0.3) is 0 Å². The van der Waals surface area contributed by atoms with Crippen molar-refractivity contribution in [1.82, 2.24) is 4.90 Å². The average molecular weight is 285 g/mol. The van der Waals surface area contributed by atoms with Crippen molar-refractivity contribution < 1.29 is 19.0 Å². The highest BCUT2D eigenvalue weighted by atomic mass is 16.5. The molecule has 1 rings (SSSR count). The molecule has 0 saturated carbocycles. The number of furan rings is 1. The predicted molar refractivity (Wildman–Crippen MR) is 77.5 cm³/mol. The van der Waals surface area contributed by atoms with Crippen molar-refractivity contribution in [2.45, 2.75) is 26.5 Å². The van der Waals surface area contributed by atoms with Gasteiger partial charge < -0.3 is 19.0 Å². The van der Waals surface area contributed by atoms with Crippen LogP contribution in [0.2, 0.25) is 0 Å². The van der Waals surface area contributed by atoms with Crippen molar-refractivity contribution in [2.75, 3.05) is 40.0 Å². The Hall–Kier alpha value is -0.880. The lowest BCUT2D eigenvalue weighted by Gasteiger charge is -2.24. The zero-order valence-corrected chi connectivity index (χ0v) is 12.7. The first-order valence-corrected chi connectivity index (χ1v) is 7.11. The van der Waals surface area contributed by atoms with Gasteiger partial charge in [-0.25, -0.2) is 0 Å². The third kappa shape index (κ3) is 7.65. The van der Waals surface area contributed by atoms with E-state index in [1.54, 1.807) is 13.4 Å². The fourth-order valence-corrected chi connectivity index (χ4v) is 1.87. The molecule has 0 aliphatic heterocycles. The van der Waals surface area contributed by atoms with E-state index in [-0.39, 0.29) is 0 Å². The highest BCUT2D eigenvalue weighted by Crippen LogP contribution is 2.06. The molecule has 0 fully saturated rings. The van der Waals surface area contributed by atoms with Gasteiger partial charge in [-0.3, -0.25) is 4.90 Å². The van der Waals surface area contributed by atoms with Gasteiger partial charge in [-0.1, -0.05) is 13.8 Å². The van der Waals surface area contributed by atoms with E-state index in [9.17, 15) is 5.11 Å². The van der Waals surface area contributed by atoms with Gasteiger partial charge in [0.05, 0.1) is 32.1 Å². The molecular formula is C15H27NO4. The SMILES string of the molecule is COCCN(Cc1ccco1)C[C@@H](O)COCC(C)C. The molecule has 0 spiro atoms. The van der Waals surface area contributed by atoms with Crippen LogP contribution in [0.25, 0.3) is 0 Å². The molecule has 0 aromatic carbocycles. The van der Waals surface area contributed by atoms with Crippen LogP contribution >= 0.6 is 0 Å². The van der Waals surface area contributed by atoms with Crippen molar-refractivity contribution in [1.29, 1.82) is 0 Å². The Labute approximate surface area is 121 Å². The minimum atomic E-state index is -0.499. The van der Waals surface area contributed by atoms with Gasteiger partial charge in [-0.15, -0.1) is 0 Å². The van der Waals surface area contributed by atoms with Gasteiger partial charge in [0.1, 0.15) is 5.76 Å². The molecule has 1 aromatic rings. The first-order chi connectivity index (χ1) is 9.61. The minimum Gasteiger partial charge on any atom is -0.468 e. The number of methoxy groups -OCH3 is 1. The number of aliphatic hydroxyl groups excluding tert-OH is 1. The molecule has 0 aliphatic carbocycles. The molecule has 5 nitrogen and oxygen atoms in total. The fraction of sp³-hybridized carbons (Fsp3) is 0.733. The summed E-state index contributed by atoms with van der Waals surface area (Å²) in [5.41, 5.74) is 0. The van der Waals surface area contributed by atoms with E-state index in [4.69, 9.17) is 13.9 Å². The maximum Gasteiger partial charge on any atom is 0.117 e. The van der Waals surface area contributed by atoms with Crippen LogP contribution in [-0.4, -0.2) is 56.1 Å². The molecule has 0 bridgehead atoms. The van der Waals surface area contributed by atoms with Gasteiger partial charge in [0.2, 0.25) is 0 Å². The number of hydrogen-bond donors (Lipinski definition) is 1. The monoisotopic (exact) mass is 285 g/mol. The van der Waals surface area contributed by atoms with E-state index in [0.717, 1.165) is 12.3 Å². The summed E-state index contributed by atoms with van der Waals surface area (Å²) in [4.78, 5) is 2.10. The number of nitrogens with zero attached hydrogens (tertiary/aromatic N) is 1. The second kappa shape index (κ2) is 9.94. The summed E-state index contributed by atoms with van der Waals surface area (Å²) in [6.07, 6.45) is 1.16. The molecule has 116 valence electrons. The topological polar surface area (TPSA) is 55.1 Å². The first-order valence-electron chi connectivity index (χ1n) is 7.11. The molecule has 0 aliphatic rings. The zero-order valence-electron chi connectivity index (χ0n) is 12.7. The van der Waals surface area contributed by atoms with Crippen LogP contribution in [-0.2, 0) is 16.0 Å². The largest absolute Gasteiger partial charge is 0.468 e. The van der Waals surface area contributed by atoms with E-state index in [1.807, 2.05) is 12.1 Å². The van der Waals surface area contributed by atoms with Crippen LogP contribution < -0.4 is 0 Å². The molecule has 0 unspecified atom stereocenters. The second-order valence-electron chi connectivity index (χ2n) is 5.39. The Balaban J connectivity index is 2.34. The van der Waals surface area contributed by atoms with Crippen molar-refractivity contribution >= 4 is 0 Å². The number of ether oxygens (including phenoxy) is 2. The summed E-state index contributed by atoms with van der Waals surface area (Å²) in [5, 5.41) is 10.0. The number of aliphatic hydroxyl groups is 1. The molecule has 1 heterocycles. The molecule has 0 saturated heterocycles. The summed E-state index contributed by atoms with van der Waals surface area (Å²) >= 11 is 0. The van der Waals surface area contributed by atoms with Crippen molar-refractivity contribution in [3.8, 4) is 0 Å². The van der Waals surface area contributed by atoms with E-state index in [2.05, 4.69) is 18.7 Å². The van der Waals surface area contributed by atoms with Gasteiger partial charge in [-0.05, 0) is 18.1 Å². The summed E-state index contributed by atoms with van der Waals surface area (Å²) in [6, 6.07) is 3.80. The molecule has 0 amide bonds. The highest BCUT2D eigenvalue weighted by Gasteiger charge is 2.13. The summed E-state index contributed by atoms with van der Waals surface area (Å²) < 4.78 is 15.9. The van der Waals surface area contributed by atoms with Crippen molar-refractivity contribution in [3.05, 3.63) is 24.2 Å². The molecule has 1 atom stereocenters. The van der Waals surface area contributed by atoms with E-state index < -0.39 is 6.10 Å². The Bertz CT molecular complexity index is 327. The predicted octanol–water partition coefficient (Wildman–Crippen LogP) is 1.76. The number of hydrogen-bond acceptors (Lipinski definition) is 5. The van der Waals surface area contributed by atoms with E-state index in [1.165, 1.54) is 0 Å². The summed E-state index contributed by atoms with van der Waals surface area (Å²) in [5.74, 6) is 1.37. The normalized spacial score (nSPS) is 13.3. The lowest BCUT2D eigenvalue weighted by atomic mass is 10.2. The summed E-state index contributed by atoms with van der Waals surface area (Å²) in [7, 11) is 1.67. The Morgan fingerprint density at radius 1 is 1.35 bits per heavy atom. The van der Waals surface area contributed by atoms with Crippen LogP contribution in [0.15, 0.2) is 22.8 Å². The lowest BCUT2D eigenvalue weighted by molar-refractivity contribution is 0.00235. The van der Waals surface area contributed by atoms with Crippen LogP contribution in [0.4, 0.5) is 0 Å². The number of rotatable bonds is 11. The van der Waals surface area contributed by atoms with E-state index in [0.29, 0.717) is 38.8 Å². The Kier molecular flexibility index (Phi) is 8.53. The first kappa shape index (κ1) is 17.2. The maximum atomic E-state index is 10.0. The maximum absolute atomic E-state index is 10.0. The van der Waals surface area contributed by atoms with Gasteiger partial charge in [0.15, 0.2) is 0 Å². The summed E-state index contributed by atoms with van der Waals surface area (Å²) in [6.45, 7) is 7.80. The third-order valence-corrected chi connectivity index (χ3v) is 2.80. The molecule has 20 heavy (non-hydrogen) atoms. The zero-order chi connectivity index (χ0) is 14.8. The molecule has 0 radical (unpaired) electrons. The standard InChI is InChI=1S/C15H27NO4/c1-13(2)11-19-12-14(17)9-16(6-8-18-3)10-15-5-4-7-20-15/h4-5,7,13-14,17H,6,8-12H2,1-3H3/t14-/m1/s1. The Morgan fingerprint density at radius 2 is 2.15 bits per heavy atom.